The number of rotatable bonds is 4. The van der Waals surface area contributed by atoms with Crippen molar-refractivity contribution < 1.29 is 14.7 Å². The average molecular weight is 243 g/mol. The molecule has 0 bridgehead atoms. The van der Waals surface area contributed by atoms with Crippen molar-refractivity contribution in [3.63, 3.8) is 0 Å². The molecule has 1 N–H and O–H groups in total. The zero-order valence-electron chi connectivity index (χ0n) is 10.7. The fraction of sp³-hybridized carbons (Fsp3) is 0.818. The minimum atomic E-state index is -0.807. The van der Waals surface area contributed by atoms with E-state index in [1.54, 1.807) is 11.8 Å². The van der Waals surface area contributed by atoms with Crippen molar-refractivity contribution in [1.82, 2.24) is 14.7 Å². The Labute approximate surface area is 102 Å². The third-order valence-electron chi connectivity index (χ3n) is 3.02. The first kappa shape index (κ1) is 13.9. The summed E-state index contributed by atoms with van der Waals surface area (Å²) >= 11 is 0. The van der Waals surface area contributed by atoms with Gasteiger partial charge in [-0.1, -0.05) is 0 Å². The van der Waals surface area contributed by atoms with Gasteiger partial charge in [0.1, 0.15) is 6.04 Å². The largest absolute Gasteiger partial charge is 0.480 e. The first-order valence-corrected chi connectivity index (χ1v) is 5.81. The highest BCUT2D eigenvalue weighted by Crippen LogP contribution is 2.07. The van der Waals surface area contributed by atoms with Gasteiger partial charge in [0.15, 0.2) is 0 Å². The van der Waals surface area contributed by atoms with Crippen LogP contribution in [0.5, 0.6) is 0 Å². The summed E-state index contributed by atoms with van der Waals surface area (Å²) < 4.78 is 0. The van der Waals surface area contributed by atoms with E-state index < -0.39 is 12.0 Å². The Balaban J connectivity index is 2.40. The molecular weight excluding hydrogens is 222 g/mol. The highest BCUT2D eigenvalue weighted by molar-refractivity contribution is 5.78. The number of piperazine rings is 1. The van der Waals surface area contributed by atoms with Gasteiger partial charge >= 0.3 is 5.97 Å². The molecule has 1 amide bonds. The third kappa shape index (κ3) is 3.98. The molecule has 6 heteroatoms. The molecule has 0 aliphatic carbocycles. The van der Waals surface area contributed by atoms with Crippen LogP contribution in [0.4, 0.5) is 0 Å². The maximum atomic E-state index is 11.8. The van der Waals surface area contributed by atoms with Crippen molar-refractivity contribution in [1.29, 1.82) is 0 Å². The van der Waals surface area contributed by atoms with Crippen molar-refractivity contribution in [2.45, 2.75) is 13.0 Å². The number of carbonyl (C=O) groups excluding carboxylic acids is 1. The van der Waals surface area contributed by atoms with Crippen molar-refractivity contribution in [2.75, 3.05) is 46.8 Å². The maximum Gasteiger partial charge on any atom is 0.320 e. The molecular formula is C11H21N3O3. The van der Waals surface area contributed by atoms with Crippen LogP contribution in [-0.4, -0.2) is 84.5 Å². The number of amides is 1. The number of carboxylic acid groups (broad SMARTS) is 1. The molecule has 0 aromatic rings. The second-order valence-corrected chi connectivity index (χ2v) is 4.67. The number of hydrogen-bond donors (Lipinski definition) is 1. The molecule has 0 aromatic carbocycles. The molecule has 1 fully saturated rings. The van der Waals surface area contributed by atoms with E-state index in [1.807, 2.05) is 23.9 Å². The predicted molar refractivity (Wildman–Crippen MR) is 63.8 cm³/mol. The number of aliphatic carboxylic acids is 1. The summed E-state index contributed by atoms with van der Waals surface area (Å²) in [4.78, 5) is 28.1. The molecule has 1 rings (SSSR count). The lowest BCUT2D eigenvalue weighted by molar-refractivity contribution is -0.144. The molecule has 0 saturated carbocycles. The van der Waals surface area contributed by atoms with Gasteiger partial charge in [-0.05, 0) is 21.0 Å². The van der Waals surface area contributed by atoms with Crippen molar-refractivity contribution in [2.24, 2.45) is 0 Å². The Morgan fingerprint density at radius 3 is 2.18 bits per heavy atom. The Hall–Kier alpha value is -1.14. The van der Waals surface area contributed by atoms with Gasteiger partial charge in [0.05, 0.1) is 6.54 Å². The number of hydrogen-bond acceptors (Lipinski definition) is 4. The SMILES string of the molecule is CC(C(=O)O)N1CCN(C(=O)CN(C)C)CC1. The first-order chi connectivity index (χ1) is 7.91. The van der Waals surface area contributed by atoms with Gasteiger partial charge in [0.25, 0.3) is 0 Å². The van der Waals surface area contributed by atoms with E-state index in [-0.39, 0.29) is 5.91 Å². The van der Waals surface area contributed by atoms with Crippen LogP contribution in [0.1, 0.15) is 6.92 Å². The summed E-state index contributed by atoms with van der Waals surface area (Å²) in [6.07, 6.45) is 0. The van der Waals surface area contributed by atoms with E-state index in [0.717, 1.165) is 0 Å². The number of likely N-dealkylation sites (N-methyl/N-ethyl adjacent to an activating group) is 1. The second kappa shape index (κ2) is 5.97. The molecule has 1 aliphatic rings. The molecule has 1 atom stereocenters. The zero-order valence-corrected chi connectivity index (χ0v) is 10.7. The van der Waals surface area contributed by atoms with Crippen LogP contribution in [0, 0.1) is 0 Å². The van der Waals surface area contributed by atoms with E-state index in [9.17, 15) is 9.59 Å². The predicted octanol–water partition coefficient (Wildman–Crippen LogP) is -0.835. The summed E-state index contributed by atoms with van der Waals surface area (Å²) in [5, 5.41) is 8.90. The van der Waals surface area contributed by atoms with E-state index >= 15 is 0 Å². The van der Waals surface area contributed by atoms with Gasteiger partial charge < -0.3 is 14.9 Å². The normalized spacial score (nSPS) is 19.4. The van der Waals surface area contributed by atoms with Crippen molar-refractivity contribution >= 4 is 11.9 Å². The topological polar surface area (TPSA) is 64.1 Å². The summed E-state index contributed by atoms with van der Waals surface area (Å²) in [5.41, 5.74) is 0. The first-order valence-electron chi connectivity index (χ1n) is 5.81. The number of carboxylic acids is 1. The molecule has 17 heavy (non-hydrogen) atoms. The van der Waals surface area contributed by atoms with Crippen LogP contribution >= 0.6 is 0 Å². The van der Waals surface area contributed by atoms with Crippen molar-refractivity contribution in [3.8, 4) is 0 Å². The molecule has 1 saturated heterocycles. The lowest BCUT2D eigenvalue weighted by Crippen LogP contribution is -2.54. The van der Waals surface area contributed by atoms with Gasteiger partial charge in [-0.15, -0.1) is 0 Å². The van der Waals surface area contributed by atoms with Crippen LogP contribution in [0.15, 0.2) is 0 Å². The van der Waals surface area contributed by atoms with E-state index in [2.05, 4.69) is 0 Å². The highest BCUT2D eigenvalue weighted by Gasteiger charge is 2.26. The van der Waals surface area contributed by atoms with Crippen molar-refractivity contribution in [3.05, 3.63) is 0 Å². The van der Waals surface area contributed by atoms with Crippen LogP contribution in [0.3, 0.4) is 0 Å². The van der Waals surface area contributed by atoms with Gasteiger partial charge in [0.2, 0.25) is 5.91 Å². The molecule has 0 spiro atoms. The smallest absolute Gasteiger partial charge is 0.320 e. The van der Waals surface area contributed by atoms with Gasteiger partial charge in [0, 0.05) is 26.2 Å². The number of carbonyl (C=O) groups is 2. The molecule has 98 valence electrons. The summed E-state index contributed by atoms with van der Waals surface area (Å²) in [5.74, 6) is -0.698. The second-order valence-electron chi connectivity index (χ2n) is 4.67. The molecule has 0 radical (unpaired) electrons. The fourth-order valence-corrected chi connectivity index (χ4v) is 1.89. The molecule has 1 heterocycles. The summed E-state index contributed by atoms with van der Waals surface area (Å²) in [6, 6.07) is -0.471. The Kier molecular flexibility index (Phi) is 4.89. The minimum Gasteiger partial charge on any atom is -0.480 e. The standard InChI is InChI=1S/C11H21N3O3/c1-9(11(16)17)13-4-6-14(7-5-13)10(15)8-12(2)3/h9H,4-8H2,1-3H3,(H,16,17). The Bertz CT molecular complexity index is 286. The van der Waals surface area contributed by atoms with Crippen LogP contribution < -0.4 is 0 Å². The Morgan fingerprint density at radius 1 is 1.24 bits per heavy atom. The fourth-order valence-electron chi connectivity index (χ4n) is 1.89. The molecule has 1 aliphatic heterocycles. The monoisotopic (exact) mass is 243 g/mol. The summed E-state index contributed by atoms with van der Waals surface area (Å²) in [6.45, 7) is 4.59. The third-order valence-corrected chi connectivity index (χ3v) is 3.02. The van der Waals surface area contributed by atoms with E-state index in [0.29, 0.717) is 32.7 Å². The van der Waals surface area contributed by atoms with Crippen LogP contribution in [-0.2, 0) is 9.59 Å². The van der Waals surface area contributed by atoms with Crippen LogP contribution in [0.2, 0.25) is 0 Å². The molecule has 1 unspecified atom stereocenters. The van der Waals surface area contributed by atoms with E-state index in [4.69, 9.17) is 5.11 Å². The molecule has 0 aromatic heterocycles. The lowest BCUT2D eigenvalue weighted by atomic mass is 10.2. The quantitative estimate of drug-likeness (QED) is 0.698. The zero-order chi connectivity index (χ0) is 13.0. The maximum absolute atomic E-state index is 11.8. The van der Waals surface area contributed by atoms with Crippen LogP contribution in [0.25, 0.3) is 0 Å². The minimum absolute atomic E-state index is 0.109. The summed E-state index contributed by atoms with van der Waals surface area (Å²) in [7, 11) is 3.72. The van der Waals surface area contributed by atoms with Gasteiger partial charge in [-0.3, -0.25) is 14.5 Å². The molecule has 6 nitrogen and oxygen atoms in total. The van der Waals surface area contributed by atoms with Gasteiger partial charge in [-0.25, -0.2) is 0 Å². The van der Waals surface area contributed by atoms with Gasteiger partial charge in [-0.2, -0.15) is 0 Å². The van der Waals surface area contributed by atoms with E-state index in [1.165, 1.54) is 0 Å². The lowest BCUT2D eigenvalue weighted by Gasteiger charge is -2.36. The average Bonchev–Trinajstić information content (AvgIpc) is 2.27. The number of nitrogens with zero attached hydrogens (tertiary/aromatic N) is 3. The highest BCUT2D eigenvalue weighted by atomic mass is 16.4. The Morgan fingerprint density at radius 2 is 1.76 bits per heavy atom.